The number of hydrogen-bond acceptors (Lipinski definition) is 6. The first-order valence-electron chi connectivity index (χ1n) is 10.2. The molecule has 1 amide bonds. The van der Waals surface area contributed by atoms with E-state index in [1.807, 2.05) is 38.1 Å². The first-order valence-corrected chi connectivity index (χ1v) is 10.2. The van der Waals surface area contributed by atoms with E-state index in [1.165, 1.54) is 24.3 Å². The number of ether oxygens (including phenoxy) is 1. The summed E-state index contributed by atoms with van der Waals surface area (Å²) in [5.41, 5.74) is 2.56. The Morgan fingerprint density at radius 1 is 1.13 bits per heavy atom. The number of hydrogen-bond donors (Lipinski definition) is 1. The first kappa shape index (κ1) is 20.7. The van der Waals surface area contributed by atoms with Gasteiger partial charge >= 0.3 is 0 Å². The van der Waals surface area contributed by atoms with Crippen LogP contribution in [0.15, 0.2) is 48.5 Å². The van der Waals surface area contributed by atoms with Gasteiger partial charge in [-0.1, -0.05) is 6.07 Å². The maximum atomic E-state index is 13.0. The molecule has 1 aliphatic heterocycles. The Labute approximate surface area is 180 Å². The van der Waals surface area contributed by atoms with Crippen molar-refractivity contribution in [2.75, 3.05) is 18.5 Å². The van der Waals surface area contributed by atoms with Crippen LogP contribution < -0.4 is 10.1 Å². The number of anilines is 2. The van der Waals surface area contributed by atoms with E-state index in [4.69, 9.17) is 9.72 Å². The van der Waals surface area contributed by atoms with Gasteiger partial charge in [0.2, 0.25) is 5.95 Å². The highest BCUT2D eigenvalue weighted by Gasteiger charge is 2.31. The van der Waals surface area contributed by atoms with Gasteiger partial charge in [-0.25, -0.2) is 19.3 Å². The SMILES string of the molecule is Cc1cc(C)nc(Nc2cccc([C@H]3CCCN3C(=O)COc3ccc(F)cc3)n2)n1. The van der Waals surface area contributed by atoms with Crippen molar-refractivity contribution in [1.29, 1.82) is 0 Å². The third kappa shape index (κ3) is 5.14. The summed E-state index contributed by atoms with van der Waals surface area (Å²) in [5, 5.41) is 3.15. The molecule has 1 aromatic carbocycles. The fourth-order valence-corrected chi connectivity index (χ4v) is 3.73. The largest absolute Gasteiger partial charge is 0.484 e. The first-order chi connectivity index (χ1) is 15.0. The second-order valence-electron chi connectivity index (χ2n) is 7.53. The van der Waals surface area contributed by atoms with Crippen LogP contribution in [0.5, 0.6) is 5.75 Å². The third-order valence-electron chi connectivity index (χ3n) is 5.08. The molecule has 8 heteroatoms. The Balaban J connectivity index is 1.44. The molecule has 160 valence electrons. The van der Waals surface area contributed by atoms with E-state index in [1.54, 1.807) is 4.90 Å². The van der Waals surface area contributed by atoms with Crippen molar-refractivity contribution in [3.8, 4) is 5.75 Å². The standard InChI is InChI=1S/C23H24FN5O2/c1-15-13-16(2)26-23(25-15)28-21-7-3-5-19(27-21)20-6-4-12-29(20)22(30)14-31-18-10-8-17(24)9-11-18/h3,5,7-11,13,20H,4,6,12,14H2,1-2H3,(H,25,26,27,28)/t20-/m1/s1. The zero-order chi connectivity index (χ0) is 21.8. The van der Waals surface area contributed by atoms with Crippen LogP contribution in [0, 0.1) is 19.7 Å². The topological polar surface area (TPSA) is 80.2 Å². The van der Waals surface area contributed by atoms with E-state index < -0.39 is 0 Å². The van der Waals surface area contributed by atoms with Gasteiger partial charge in [0, 0.05) is 17.9 Å². The summed E-state index contributed by atoms with van der Waals surface area (Å²) >= 11 is 0. The van der Waals surface area contributed by atoms with Crippen molar-refractivity contribution < 1.29 is 13.9 Å². The zero-order valence-corrected chi connectivity index (χ0v) is 17.5. The van der Waals surface area contributed by atoms with E-state index in [2.05, 4.69) is 15.3 Å². The summed E-state index contributed by atoms with van der Waals surface area (Å²) in [6, 6.07) is 13.1. The van der Waals surface area contributed by atoms with Crippen LogP contribution in [0.4, 0.5) is 16.2 Å². The molecule has 2 aromatic heterocycles. The predicted molar refractivity (Wildman–Crippen MR) is 115 cm³/mol. The van der Waals surface area contributed by atoms with E-state index in [-0.39, 0.29) is 24.4 Å². The molecule has 4 rings (SSSR count). The van der Waals surface area contributed by atoms with Crippen molar-refractivity contribution in [2.24, 2.45) is 0 Å². The van der Waals surface area contributed by atoms with Crippen LogP contribution in [0.3, 0.4) is 0 Å². The number of pyridine rings is 1. The normalized spacial score (nSPS) is 15.7. The Hall–Kier alpha value is -3.55. The summed E-state index contributed by atoms with van der Waals surface area (Å²) in [7, 11) is 0. The summed E-state index contributed by atoms with van der Waals surface area (Å²) in [4.78, 5) is 28.1. The van der Waals surface area contributed by atoms with Gasteiger partial charge in [-0.15, -0.1) is 0 Å². The van der Waals surface area contributed by atoms with Crippen molar-refractivity contribution in [1.82, 2.24) is 19.9 Å². The molecular formula is C23H24FN5O2. The van der Waals surface area contributed by atoms with Gasteiger partial charge in [-0.05, 0) is 69.2 Å². The molecular weight excluding hydrogens is 397 g/mol. The molecule has 3 aromatic rings. The average Bonchev–Trinajstić information content (AvgIpc) is 3.23. The van der Waals surface area contributed by atoms with Crippen molar-refractivity contribution in [2.45, 2.75) is 32.7 Å². The predicted octanol–water partition coefficient (Wildman–Crippen LogP) is 4.11. The molecule has 1 atom stereocenters. The third-order valence-corrected chi connectivity index (χ3v) is 5.08. The lowest BCUT2D eigenvalue weighted by atomic mass is 10.1. The van der Waals surface area contributed by atoms with Crippen LogP contribution >= 0.6 is 0 Å². The molecule has 1 N–H and O–H groups in total. The summed E-state index contributed by atoms with van der Waals surface area (Å²) in [6.07, 6.45) is 1.73. The van der Waals surface area contributed by atoms with Gasteiger partial charge in [0.15, 0.2) is 6.61 Å². The number of benzene rings is 1. The smallest absolute Gasteiger partial charge is 0.261 e. The fraction of sp³-hybridized carbons (Fsp3) is 0.304. The number of nitrogens with one attached hydrogen (secondary N) is 1. The lowest BCUT2D eigenvalue weighted by Crippen LogP contribution is -2.34. The second-order valence-corrected chi connectivity index (χ2v) is 7.53. The molecule has 0 bridgehead atoms. The molecule has 0 spiro atoms. The molecule has 0 radical (unpaired) electrons. The highest BCUT2D eigenvalue weighted by atomic mass is 19.1. The van der Waals surface area contributed by atoms with Crippen molar-refractivity contribution >= 4 is 17.7 Å². The minimum atomic E-state index is -0.343. The Morgan fingerprint density at radius 2 is 1.87 bits per heavy atom. The number of halogens is 1. The Bertz CT molecular complexity index is 1050. The number of aromatic nitrogens is 3. The molecule has 0 unspecified atom stereocenters. The number of carbonyl (C=O) groups is 1. The van der Waals surface area contributed by atoms with Gasteiger partial charge < -0.3 is 15.0 Å². The van der Waals surface area contributed by atoms with Gasteiger partial charge in [0.1, 0.15) is 17.4 Å². The average molecular weight is 421 g/mol. The number of carbonyl (C=O) groups excluding carboxylic acids is 1. The van der Waals surface area contributed by atoms with Gasteiger partial charge in [0.25, 0.3) is 5.91 Å². The molecule has 3 heterocycles. The van der Waals surface area contributed by atoms with Crippen molar-refractivity contribution in [3.63, 3.8) is 0 Å². The molecule has 31 heavy (non-hydrogen) atoms. The maximum Gasteiger partial charge on any atom is 0.261 e. The molecule has 0 aliphatic carbocycles. The summed E-state index contributed by atoms with van der Waals surface area (Å²) in [5.74, 6) is 1.12. The van der Waals surface area contributed by atoms with Crippen LogP contribution in [0.1, 0.15) is 36.0 Å². The van der Waals surface area contributed by atoms with Gasteiger partial charge in [-0.2, -0.15) is 0 Å². The van der Waals surface area contributed by atoms with Gasteiger partial charge in [-0.3, -0.25) is 4.79 Å². The van der Waals surface area contributed by atoms with E-state index >= 15 is 0 Å². The Morgan fingerprint density at radius 3 is 2.61 bits per heavy atom. The maximum absolute atomic E-state index is 13.0. The highest BCUT2D eigenvalue weighted by Crippen LogP contribution is 2.31. The van der Waals surface area contributed by atoms with Crippen LogP contribution in [-0.2, 0) is 4.79 Å². The summed E-state index contributed by atoms with van der Waals surface area (Å²) in [6.45, 7) is 4.38. The fourth-order valence-electron chi connectivity index (χ4n) is 3.73. The van der Waals surface area contributed by atoms with E-state index in [0.717, 1.165) is 29.9 Å². The number of likely N-dealkylation sites (tertiary alicyclic amines) is 1. The second kappa shape index (κ2) is 9.07. The summed E-state index contributed by atoms with van der Waals surface area (Å²) < 4.78 is 18.6. The Kier molecular flexibility index (Phi) is 6.06. The molecule has 1 saturated heterocycles. The van der Waals surface area contributed by atoms with E-state index in [9.17, 15) is 9.18 Å². The van der Waals surface area contributed by atoms with Crippen LogP contribution in [0.25, 0.3) is 0 Å². The lowest BCUT2D eigenvalue weighted by molar-refractivity contribution is -0.134. The lowest BCUT2D eigenvalue weighted by Gasteiger charge is -2.24. The van der Waals surface area contributed by atoms with Crippen molar-refractivity contribution in [3.05, 3.63) is 71.4 Å². The number of rotatable bonds is 6. The van der Waals surface area contributed by atoms with Crippen LogP contribution in [0.2, 0.25) is 0 Å². The number of amides is 1. The molecule has 1 aliphatic rings. The molecule has 7 nitrogen and oxygen atoms in total. The van der Waals surface area contributed by atoms with E-state index in [0.29, 0.717) is 24.1 Å². The number of nitrogens with zero attached hydrogens (tertiary/aromatic N) is 4. The number of aryl methyl sites for hydroxylation is 2. The zero-order valence-electron chi connectivity index (χ0n) is 17.5. The minimum Gasteiger partial charge on any atom is -0.484 e. The molecule has 1 fully saturated rings. The quantitative estimate of drug-likeness (QED) is 0.645. The molecule has 0 saturated carbocycles. The van der Waals surface area contributed by atoms with Crippen LogP contribution in [-0.4, -0.2) is 38.9 Å². The highest BCUT2D eigenvalue weighted by molar-refractivity contribution is 5.78. The van der Waals surface area contributed by atoms with Gasteiger partial charge in [0.05, 0.1) is 11.7 Å². The minimum absolute atomic E-state index is 0.101. The monoisotopic (exact) mass is 421 g/mol.